The fourth-order valence-corrected chi connectivity index (χ4v) is 7.27. The summed E-state index contributed by atoms with van der Waals surface area (Å²) in [5.74, 6) is 2.54. The second-order valence-corrected chi connectivity index (χ2v) is 11.3. The predicted molar refractivity (Wildman–Crippen MR) is 166 cm³/mol. The quantitative estimate of drug-likeness (QED) is 0.251. The molecule has 2 aliphatic heterocycles. The number of rotatable bonds is 8. The molecule has 222 valence electrons. The Hall–Kier alpha value is -4.33. The van der Waals surface area contributed by atoms with E-state index in [-0.39, 0.29) is 17.9 Å². The first-order valence-corrected chi connectivity index (χ1v) is 14.6. The van der Waals surface area contributed by atoms with Crippen molar-refractivity contribution in [2.75, 3.05) is 28.4 Å². The smallest absolute Gasteiger partial charge is 0.149 e. The summed E-state index contributed by atoms with van der Waals surface area (Å²) in [4.78, 5) is 15.4. The molecule has 2 bridgehead atoms. The molecule has 4 atom stereocenters. The van der Waals surface area contributed by atoms with Gasteiger partial charge in [0.2, 0.25) is 0 Å². The molecule has 6 rings (SSSR count). The maximum Gasteiger partial charge on any atom is 0.149 e. The Labute approximate surface area is 253 Å². The van der Waals surface area contributed by atoms with Crippen LogP contribution in [0.1, 0.15) is 53.3 Å². The lowest BCUT2D eigenvalue weighted by molar-refractivity contribution is -0.150. The lowest BCUT2D eigenvalue weighted by atomic mass is 9.56. The summed E-state index contributed by atoms with van der Waals surface area (Å²) in [5, 5.41) is 7.96. The van der Waals surface area contributed by atoms with Crippen LogP contribution in [-0.2, 0) is 4.79 Å². The number of carbonyl (C=O) groups excluding carboxylic acids is 1. The molecule has 43 heavy (non-hydrogen) atoms. The fraction of sp³-hybridized carbons (Fsp3) is 0.306. The maximum atomic E-state index is 15.4. The zero-order chi connectivity index (χ0) is 30.1. The Kier molecular flexibility index (Phi) is 7.86. The normalized spacial score (nSPS) is 26.4. The van der Waals surface area contributed by atoms with Gasteiger partial charge in [0, 0.05) is 34.3 Å². The summed E-state index contributed by atoms with van der Waals surface area (Å²) in [7, 11) is 6.67. The Morgan fingerprint density at radius 3 is 1.16 bits per heavy atom. The lowest BCUT2D eigenvalue weighted by Crippen LogP contribution is -2.65. The zero-order valence-electron chi connectivity index (χ0n) is 25.2. The third-order valence-electron chi connectivity index (χ3n) is 9.29. The Bertz CT molecular complexity index is 1510. The second-order valence-electron chi connectivity index (χ2n) is 11.3. The van der Waals surface area contributed by atoms with Crippen molar-refractivity contribution in [1.29, 1.82) is 0 Å². The minimum absolute atomic E-state index is 0.142. The van der Waals surface area contributed by atoms with E-state index in [0.717, 1.165) is 45.3 Å². The molecule has 7 nitrogen and oxygen atoms in total. The third-order valence-corrected chi connectivity index (χ3v) is 9.29. The molecule has 7 heteroatoms. The van der Waals surface area contributed by atoms with Crippen LogP contribution in [0.3, 0.4) is 0 Å². The topological polar surface area (TPSA) is 78.1 Å². The Morgan fingerprint density at radius 2 is 0.814 bits per heavy atom. The van der Waals surface area contributed by atoms with Crippen LogP contribution in [-0.4, -0.2) is 34.2 Å². The van der Waals surface area contributed by atoms with Crippen molar-refractivity contribution in [3.63, 3.8) is 0 Å². The first kappa shape index (κ1) is 28.8. The number of nitrogens with one attached hydrogen (secondary N) is 2. The average Bonchev–Trinajstić information content (AvgIpc) is 3.06. The van der Waals surface area contributed by atoms with Gasteiger partial charge in [0.05, 0.1) is 51.9 Å². The van der Waals surface area contributed by atoms with Gasteiger partial charge < -0.3 is 29.6 Å². The average molecular weight is 579 g/mol. The highest BCUT2D eigenvalue weighted by molar-refractivity contribution is 5.93. The number of piperidine rings is 2. The molecule has 0 amide bonds. The number of Topliss-reactive ketones (excluding diaryl/α,β-unsaturated/α-hetero) is 1. The van der Waals surface area contributed by atoms with Gasteiger partial charge in [0.25, 0.3) is 0 Å². The summed E-state index contributed by atoms with van der Waals surface area (Å²) in [6, 6.07) is 30.1. The van der Waals surface area contributed by atoms with Gasteiger partial charge in [-0.2, -0.15) is 0 Å². The SMILES string of the molecule is COc1ccccc1C1NC(c2ccccc2OC)C2(C)C(=O)C1C(c1ccccc1OC)NC2c1ccccc1OC. The molecule has 2 heterocycles. The summed E-state index contributed by atoms with van der Waals surface area (Å²) < 4.78 is 23.4. The monoisotopic (exact) mass is 578 g/mol. The molecular weight excluding hydrogens is 540 g/mol. The number of hydrogen-bond donors (Lipinski definition) is 2. The van der Waals surface area contributed by atoms with Gasteiger partial charge in [0.15, 0.2) is 0 Å². The van der Waals surface area contributed by atoms with E-state index in [1.54, 1.807) is 28.4 Å². The van der Waals surface area contributed by atoms with E-state index in [1.807, 2.05) is 97.1 Å². The molecule has 2 saturated heterocycles. The fourth-order valence-electron chi connectivity index (χ4n) is 7.27. The van der Waals surface area contributed by atoms with Gasteiger partial charge in [-0.05, 0) is 31.2 Å². The number of ketones is 1. The lowest BCUT2D eigenvalue weighted by Gasteiger charge is -2.58. The molecular formula is C36H38N2O5. The van der Waals surface area contributed by atoms with Crippen LogP contribution in [0.5, 0.6) is 23.0 Å². The molecule has 2 aliphatic rings. The minimum atomic E-state index is -0.940. The summed E-state index contributed by atoms with van der Waals surface area (Å²) in [6.45, 7) is 2.06. The Balaban J connectivity index is 1.63. The molecule has 0 aromatic heterocycles. The molecule has 4 aromatic rings. The van der Waals surface area contributed by atoms with E-state index < -0.39 is 23.4 Å². The first-order chi connectivity index (χ1) is 21.0. The van der Waals surface area contributed by atoms with Crippen molar-refractivity contribution in [2.24, 2.45) is 11.3 Å². The van der Waals surface area contributed by atoms with E-state index in [0.29, 0.717) is 0 Å². The zero-order valence-corrected chi connectivity index (χ0v) is 25.2. The van der Waals surface area contributed by atoms with E-state index in [2.05, 4.69) is 17.6 Å². The van der Waals surface area contributed by atoms with Crippen LogP contribution in [0.4, 0.5) is 0 Å². The van der Waals surface area contributed by atoms with Gasteiger partial charge >= 0.3 is 0 Å². The predicted octanol–water partition coefficient (Wildman–Crippen LogP) is 6.38. The number of para-hydroxylation sites is 4. The van der Waals surface area contributed by atoms with Gasteiger partial charge in [-0.15, -0.1) is 0 Å². The first-order valence-electron chi connectivity index (χ1n) is 14.6. The van der Waals surface area contributed by atoms with Crippen LogP contribution in [0.25, 0.3) is 0 Å². The van der Waals surface area contributed by atoms with Gasteiger partial charge in [-0.1, -0.05) is 72.8 Å². The van der Waals surface area contributed by atoms with Crippen molar-refractivity contribution in [3.8, 4) is 23.0 Å². The van der Waals surface area contributed by atoms with Crippen molar-refractivity contribution in [3.05, 3.63) is 119 Å². The third kappa shape index (κ3) is 4.64. The maximum absolute atomic E-state index is 15.4. The summed E-state index contributed by atoms with van der Waals surface area (Å²) in [6.07, 6.45) is 0. The standard InChI is InChI=1S/C36H38N2O5/c1-36-33(24-16-8-12-20-28(24)42-4)37-31(22-14-6-10-18-26(22)40-2)30(35(36)39)32(23-15-7-11-19-27(23)41-3)38-34(36)25-17-9-13-21-29(25)43-5/h6-21,30-34,37-38H,1-5H3. The van der Waals surface area contributed by atoms with Crippen molar-refractivity contribution in [1.82, 2.24) is 10.6 Å². The van der Waals surface area contributed by atoms with Crippen LogP contribution in [0.15, 0.2) is 97.1 Å². The van der Waals surface area contributed by atoms with E-state index in [9.17, 15) is 0 Å². The highest BCUT2D eigenvalue weighted by atomic mass is 16.5. The van der Waals surface area contributed by atoms with Crippen molar-refractivity contribution < 1.29 is 23.7 Å². The molecule has 0 saturated carbocycles. The second kappa shape index (κ2) is 11.7. The van der Waals surface area contributed by atoms with E-state index in [1.165, 1.54) is 0 Å². The number of fused-ring (bicyclic) bond motifs is 2. The number of benzene rings is 4. The Morgan fingerprint density at radius 1 is 0.512 bits per heavy atom. The van der Waals surface area contributed by atoms with E-state index >= 15 is 4.79 Å². The summed E-state index contributed by atoms with van der Waals surface area (Å²) in [5.41, 5.74) is 2.73. The number of carbonyl (C=O) groups is 1. The van der Waals surface area contributed by atoms with Crippen LogP contribution < -0.4 is 29.6 Å². The highest BCUT2D eigenvalue weighted by Crippen LogP contribution is 2.61. The molecule has 0 radical (unpaired) electrons. The molecule has 2 N–H and O–H groups in total. The molecule has 0 spiro atoms. The van der Waals surface area contributed by atoms with Crippen LogP contribution >= 0.6 is 0 Å². The highest BCUT2D eigenvalue weighted by Gasteiger charge is 2.63. The number of methoxy groups -OCH3 is 4. The van der Waals surface area contributed by atoms with Crippen molar-refractivity contribution >= 4 is 5.78 Å². The largest absolute Gasteiger partial charge is 0.496 e. The van der Waals surface area contributed by atoms with E-state index in [4.69, 9.17) is 18.9 Å². The molecule has 4 unspecified atom stereocenters. The molecule has 0 aliphatic carbocycles. The molecule has 2 fully saturated rings. The minimum Gasteiger partial charge on any atom is -0.496 e. The number of ether oxygens (including phenoxy) is 4. The van der Waals surface area contributed by atoms with Crippen LogP contribution in [0, 0.1) is 11.3 Å². The van der Waals surface area contributed by atoms with Crippen LogP contribution in [0.2, 0.25) is 0 Å². The van der Waals surface area contributed by atoms with Gasteiger partial charge in [0.1, 0.15) is 28.8 Å². The van der Waals surface area contributed by atoms with Crippen molar-refractivity contribution in [2.45, 2.75) is 31.1 Å². The summed E-state index contributed by atoms with van der Waals surface area (Å²) >= 11 is 0. The number of hydrogen-bond acceptors (Lipinski definition) is 7. The van der Waals surface area contributed by atoms with Gasteiger partial charge in [-0.25, -0.2) is 0 Å². The van der Waals surface area contributed by atoms with Gasteiger partial charge in [-0.3, -0.25) is 4.79 Å². The molecule has 4 aromatic carbocycles.